The Labute approximate surface area is 106 Å². The van der Waals surface area contributed by atoms with Crippen LogP contribution in [-0.4, -0.2) is 55.9 Å². The van der Waals surface area contributed by atoms with Gasteiger partial charge in [0.2, 0.25) is 0 Å². The van der Waals surface area contributed by atoms with Crippen molar-refractivity contribution in [3.05, 3.63) is 0 Å². The SMILES string of the molecule is CCC[Si](OC)(OC)OCNCCNCCN. The molecule has 0 radical (unpaired) electrons. The molecule has 0 heterocycles. The maximum Gasteiger partial charge on any atom is 0.501 e. The third-order valence-corrected chi connectivity index (χ3v) is 5.31. The molecule has 104 valence electrons. The molecule has 0 fully saturated rings. The van der Waals surface area contributed by atoms with Crippen LogP contribution in [0.15, 0.2) is 0 Å². The zero-order valence-electron chi connectivity index (χ0n) is 11.3. The fourth-order valence-electron chi connectivity index (χ4n) is 1.42. The lowest BCUT2D eigenvalue weighted by Gasteiger charge is -2.26. The molecule has 0 aromatic rings. The molecular weight excluding hydrogens is 238 g/mol. The van der Waals surface area contributed by atoms with Crippen LogP contribution in [0.25, 0.3) is 0 Å². The van der Waals surface area contributed by atoms with E-state index < -0.39 is 8.80 Å². The summed E-state index contributed by atoms with van der Waals surface area (Å²) in [5.74, 6) is 0. The Morgan fingerprint density at radius 3 is 2.24 bits per heavy atom. The van der Waals surface area contributed by atoms with Crippen LogP contribution in [0.3, 0.4) is 0 Å². The van der Waals surface area contributed by atoms with E-state index in [9.17, 15) is 0 Å². The number of nitrogens with two attached hydrogens (primary N) is 1. The van der Waals surface area contributed by atoms with E-state index in [1.165, 1.54) is 0 Å². The van der Waals surface area contributed by atoms with Crippen LogP contribution in [0.5, 0.6) is 0 Å². The highest BCUT2D eigenvalue weighted by atomic mass is 28.4. The third-order valence-electron chi connectivity index (χ3n) is 2.37. The number of rotatable bonds is 12. The van der Waals surface area contributed by atoms with Crippen molar-refractivity contribution < 1.29 is 13.3 Å². The van der Waals surface area contributed by atoms with E-state index in [-0.39, 0.29) is 0 Å². The molecule has 0 rings (SSSR count). The van der Waals surface area contributed by atoms with E-state index in [1.54, 1.807) is 14.2 Å². The summed E-state index contributed by atoms with van der Waals surface area (Å²) in [5, 5.41) is 6.37. The molecule has 0 aliphatic carbocycles. The highest BCUT2D eigenvalue weighted by Crippen LogP contribution is 2.14. The molecule has 6 nitrogen and oxygen atoms in total. The summed E-state index contributed by atoms with van der Waals surface area (Å²) in [4.78, 5) is 0. The van der Waals surface area contributed by atoms with E-state index in [0.29, 0.717) is 13.3 Å². The molecular formula is C10H27N3O3Si. The lowest BCUT2D eigenvalue weighted by Crippen LogP contribution is -2.46. The van der Waals surface area contributed by atoms with Crippen LogP contribution in [-0.2, 0) is 13.3 Å². The lowest BCUT2D eigenvalue weighted by molar-refractivity contribution is 0.0901. The predicted octanol–water partition coefficient (Wildman–Crippen LogP) is -0.260. The van der Waals surface area contributed by atoms with Gasteiger partial charge in [-0.05, 0) is 0 Å². The quantitative estimate of drug-likeness (QED) is 0.256. The summed E-state index contributed by atoms with van der Waals surface area (Å²) in [5.41, 5.74) is 5.36. The highest BCUT2D eigenvalue weighted by Gasteiger charge is 2.37. The van der Waals surface area contributed by atoms with Crippen LogP contribution in [0, 0.1) is 0 Å². The van der Waals surface area contributed by atoms with Gasteiger partial charge in [-0.15, -0.1) is 0 Å². The molecule has 0 amide bonds. The van der Waals surface area contributed by atoms with Crippen LogP contribution in [0.1, 0.15) is 13.3 Å². The fourth-order valence-corrected chi connectivity index (χ4v) is 3.31. The van der Waals surface area contributed by atoms with Gasteiger partial charge in [0.05, 0.1) is 6.73 Å². The molecule has 0 aromatic carbocycles. The molecule has 0 aromatic heterocycles. The van der Waals surface area contributed by atoms with E-state index in [1.807, 2.05) is 0 Å². The number of nitrogens with one attached hydrogen (secondary N) is 2. The molecule has 17 heavy (non-hydrogen) atoms. The Bertz CT molecular complexity index is 171. The first-order valence-corrected chi connectivity index (χ1v) is 8.03. The van der Waals surface area contributed by atoms with Crippen molar-refractivity contribution in [1.82, 2.24) is 10.6 Å². The normalized spacial score (nSPS) is 12.0. The Morgan fingerprint density at radius 2 is 1.71 bits per heavy atom. The fraction of sp³-hybridized carbons (Fsp3) is 1.00. The Balaban J connectivity index is 3.61. The topological polar surface area (TPSA) is 77.8 Å². The Hall–Kier alpha value is -0.0231. The van der Waals surface area contributed by atoms with Gasteiger partial charge in [-0.25, -0.2) is 0 Å². The van der Waals surface area contributed by atoms with Gasteiger partial charge < -0.3 is 24.3 Å². The average molecular weight is 265 g/mol. The molecule has 7 heteroatoms. The first kappa shape index (κ1) is 17.0. The lowest BCUT2D eigenvalue weighted by atomic mass is 10.5. The van der Waals surface area contributed by atoms with Gasteiger partial charge in [0, 0.05) is 46.4 Å². The zero-order valence-corrected chi connectivity index (χ0v) is 12.3. The minimum Gasteiger partial charge on any atom is -0.377 e. The van der Waals surface area contributed by atoms with E-state index in [4.69, 9.17) is 19.0 Å². The van der Waals surface area contributed by atoms with Crippen molar-refractivity contribution >= 4 is 8.80 Å². The molecule has 0 bridgehead atoms. The second-order valence-electron chi connectivity index (χ2n) is 3.67. The molecule has 0 spiro atoms. The first-order valence-electron chi connectivity index (χ1n) is 6.10. The van der Waals surface area contributed by atoms with Gasteiger partial charge in [0.25, 0.3) is 0 Å². The van der Waals surface area contributed by atoms with Crippen molar-refractivity contribution in [2.24, 2.45) is 5.73 Å². The number of hydrogen-bond donors (Lipinski definition) is 3. The summed E-state index contributed by atoms with van der Waals surface area (Å²) >= 11 is 0. The average Bonchev–Trinajstić information content (AvgIpc) is 2.36. The predicted molar refractivity (Wildman–Crippen MR) is 70.7 cm³/mol. The monoisotopic (exact) mass is 265 g/mol. The summed E-state index contributed by atoms with van der Waals surface area (Å²) < 4.78 is 16.5. The molecule has 0 saturated heterocycles. The van der Waals surface area contributed by atoms with Crippen LogP contribution < -0.4 is 16.4 Å². The maximum atomic E-state index is 5.71. The van der Waals surface area contributed by atoms with Crippen molar-refractivity contribution in [3.63, 3.8) is 0 Å². The van der Waals surface area contributed by atoms with Crippen molar-refractivity contribution in [3.8, 4) is 0 Å². The Morgan fingerprint density at radius 1 is 1.06 bits per heavy atom. The van der Waals surface area contributed by atoms with Crippen LogP contribution in [0.2, 0.25) is 6.04 Å². The highest BCUT2D eigenvalue weighted by molar-refractivity contribution is 6.60. The van der Waals surface area contributed by atoms with E-state index in [0.717, 1.165) is 32.1 Å². The first-order chi connectivity index (χ1) is 8.24. The zero-order chi connectivity index (χ0) is 13.0. The molecule has 0 unspecified atom stereocenters. The molecule has 0 aliphatic heterocycles. The van der Waals surface area contributed by atoms with Gasteiger partial charge >= 0.3 is 8.80 Å². The molecule has 0 saturated carbocycles. The molecule has 0 atom stereocenters. The van der Waals surface area contributed by atoms with Crippen molar-refractivity contribution in [2.45, 2.75) is 19.4 Å². The van der Waals surface area contributed by atoms with Crippen LogP contribution >= 0.6 is 0 Å². The summed E-state index contributed by atoms with van der Waals surface area (Å²) in [6.07, 6.45) is 0.992. The van der Waals surface area contributed by atoms with E-state index in [2.05, 4.69) is 17.6 Å². The second kappa shape index (κ2) is 11.1. The van der Waals surface area contributed by atoms with Gasteiger partial charge in [-0.3, -0.25) is 5.32 Å². The van der Waals surface area contributed by atoms with Crippen LogP contribution in [0.4, 0.5) is 0 Å². The van der Waals surface area contributed by atoms with Gasteiger partial charge in [0.1, 0.15) is 0 Å². The largest absolute Gasteiger partial charge is 0.501 e. The van der Waals surface area contributed by atoms with Crippen molar-refractivity contribution in [1.29, 1.82) is 0 Å². The second-order valence-corrected chi connectivity index (χ2v) is 6.64. The minimum absolute atomic E-state index is 0.457. The summed E-state index contributed by atoms with van der Waals surface area (Å²) in [6.45, 7) is 5.77. The molecule has 4 N–H and O–H groups in total. The number of hydrogen-bond acceptors (Lipinski definition) is 6. The van der Waals surface area contributed by atoms with Gasteiger partial charge in [0.15, 0.2) is 0 Å². The summed E-state index contributed by atoms with van der Waals surface area (Å²) in [7, 11) is 0.872. The Kier molecular flexibility index (Phi) is 11.1. The third kappa shape index (κ3) is 7.82. The minimum atomic E-state index is -2.42. The standard InChI is InChI=1S/C10H27N3O3Si/c1-4-9-17(14-2,15-3)16-10-13-8-7-12-6-5-11/h12-13H,4-11H2,1-3H3. The van der Waals surface area contributed by atoms with Gasteiger partial charge in [-0.2, -0.15) is 0 Å². The smallest absolute Gasteiger partial charge is 0.377 e. The van der Waals surface area contributed by atoms with E-state index >= 15 is 0 Å². The summed E-state index contributed by atoms with van der Waals surface area (Å²) in [6, 6.07) is 0.840. The van der Waals surface area contributed by atoms with Crippen molar-refractivity contribution in [2.75, 3.05) is 47.1 Å². The maximum absolute atomic E-state index is 5.71. The van der Waals surface area contributed by atoms with Gasteiger partial charge in [-0.1, -0.05) is 13.3 Å². The molecule has 0 aliphatic rings.